The van der Waals surface area contributed by atoms with Crippen LogP contribution >= 0.6 is 0 Å². The Morgan fingerprint density at radius 2 is 1.63 bits per heavy atom. The number of benzene rings is 2. The van der Waals surface area contributed by atoms with Crippen molar-refractivity contribution in [2.75, 3.05) is 0 Å². The molecule has 2 aromatic rings. The molecule has 0 bridgehead atoms. The molecule has 2 rings (SSSR count). The lowest BCUT2D eigenvalue weighted by atomic mass is 10.0. The fraction of sp³-hybridized carbons (Fsp3) is 0.391. The molecule has 0 aliphatic rings. The van der Waals surface area contributed by atoms with Crippen LogP contribution in [0.5, 0.6) is 0 Å². The van der Waals surface area contributed by atoms with E-state index < -0.39 is 6.04 Å². The molecule has 0 radical (unpaired) electrons. The van der Waals surface area contributed by atoms with Crippen LogP contribution in [-0.2, 0) is 22.6 Å². The normalized spacial score (nSPS) is 11.9. The van der Waals surface area contributed by atoms with E-state index in [1.165, 1.54) is 0 Å². The van der Waals surface area contributed by atoms with E-state index in [4.69, 9.17) is 0 Å². The Balaban J connectivity index is 2.28. The zero-order valence-corrected chi connectivity index (χ0v) is 16.7. The molecular weight excluding hydrogens is 336 g/mol. The summed E-state index contributed by atoms with van der Waals surface area (Å²) < 4.78 is 0. The summed E-state index contributed by atoms with van der Waals surface area (Å²) in [4.78, 5) is 27.7. The number of hydrogen-bond acceptors (Lipinski definition) is 2. The summed E-state index contributed by atoms with van der Waals surface area (Å²) in [7, 11) is 0. The van der Waals surface area contributed by atoms with Crippen LogP contribution in [0.25, 0.3) is 0 Å². The highest BCUT2D eigenvalue weighted by Gasteiger charge is 2.29. The zero-order chi connectivity index (χ0) is 19.8. The first kappa shape index (κ1) is 20.7. The second-order valence-corrected chi connectivity index (χ2v) is 7.20. The van der Waals surface area contributed by atoms with Crippen molar-refractivity contribution in [1.29, 1.82) is 0 Å². The smallest absolute Gasteiger partial charge is 0.243 e. The third-order valence-electron chi connectivity index (χ3n) is 4.62. The summed E-state index contributed by atoms with van der Waals surface area (Å²) in [6, 6.07) is 17.3. The summed E-state index contributed by atoms with van der Waals surface area (Å²) in [6.45, 7) is 8.24. The van der Waals surface area contributed by atoms with Gasteiger partial charge in [-0.25, -0.2) is 0 Å². The summed E-state index contributed by atoms with van der Waals surface area (Å²) in [6.07, 6.45) is 0.871. The van der Waals surface area contributed by atoms with Gasteiger partial charge in [0.25, 0.3) is 0 Å². The molecule has 2 aromatic carbocycles. The molecule has 144 valence electrons. The predicted octanol–water partition coefficient (Wildman–Crippen LogP) is 3.87. The van der Waals surface area contributed by atoms with Gasteiger partial charge in [0.05, 0.1) is 6.42 Å². The Morgan fingerprint density at radius 1 is 1.00 bits per heavy atom. The Kier molecular flexibility index (Phi) is 7.59. The zero-order valence-electron chi connectivity index (χ0n) is 16.7. The number of rotatable bonds is 8. The topological polar surface area (TPSA) is 49.4 Å². The van der Waals surface area contributed by atoms with Gasteiger partial charge < -0.3 is 10.2 Å². The van der Waals surface area contributed by atoms with Crippen molar-refractivity contribution in [2.45, 2.75) is 59.2 Å². The molecule has 0 fully saturated rings. The Bertz CT molecular complexity index is 756. The maximum absolute atomic E-state index is 13.2. The van der Waals surface area contributed by atoms with E-state index in [-0.39, 0.29) is 17.9 Å². The lowest BCUT2D eigenvalue weighted by Crippen LogP contribution is -2.50. The van der Waals surface area contributed by atoms with E-state index in [1.54, 1.807) is 4.90 Å². The molecule has 1 N–H and O–H groups in total. The standard InChI is InChI=1S/C23H30N2O2/c1-5-21(23(27)24-17(2)3)25(16-19-12-7-6-8-13-19)22(26)15-20-14-10-9-11-18(20)4/h6-14,17,21H,5,15-16H2,1-4H3,(H,24,27)/t21-/m0/s1. The molecular formula is C23H30N2O2. The van der Waals surface area contributed by atoms with Crippen molar-refractivity contribution < 1.29 is 9.59 Å². The van der Waals surface area contributed by atoms with Crippen LogP contribution in [0.2, 0.25) is 0 Å². The molecule has 2 amide bonds. The number of nitrogens with one attached hydrogen (secondary N) is 1. The van der Waals surface area contributed by atoms with Gasteiger partial charge in [0, 0.05) is 12.6 Å². The third-order valence-corrected chi connectivity index (χ3v) is 4.62. The van der Waals surface area contributed by atoms with Crippen LogP contribution in [0.4, 0.5) is 0 Å². The molecule has 4 heteroatoms. The average molecular weight is 367 g/mol. The molecule has 0 spiro atoms. The monoisotopic (exact) mass is 366 g/mol. The van der Waals surface area contributed by atoms with Crippen LogP contribution in [-0.4, -0.2) is 28.8 Å². The fourth-order valence-electron chi connectivity index (χ4n) is 3.15. The maximum atomic E-state index is 13.2. The Morgan fingerprint density at radius 3 is 2.22 bits per heavy atom. The number of amides is 2. The highest BCUT2D eigenvalue weighted by atomic mass is 16.2. The van der Waals surface area contributed by atoms with Crippen LogP contribution in [0.15, 0.2) is 54.6 Å². The Labute approximate surface area is 162 Å². The summed E-state index contributed by atoms with van der Waals surface area (Å²) in [5, 5.41) is 2.96. The lowest BCUT2D eigenvalue weighted by molar-refractivity contribution is -0.141. The van der Waals surface area contributed by atoms with E-state index >= 15 is 0 Å². The van der Waals surface area contributed by atoms with Gasteiger partial charge in [0.1, 0.15) is 6.04 Å². The van der Waals surface area contributed by atoms with E-state index in [0.29, 0.717) is 19.4 Å². The first-order valence-corrected chi connectivity index (χ1v) is 9.60. The van der Waals surface area contributed by atoms with E-state index in [9.17, 15) is 9.59 Å². The SMILES string of the molecule is CC[C@@H](C(=O)NC(C)C)N(Cc1ccccc1)C(=O)Cc1ccccc1C. The summed E-state index contributed by atoms with van der Waals surface area (Å²) in [5.74, 6) is -0.125. The predicted molar refractivity (Wildman–Crippen MR) is 109 cm³/mol. The molecule has 0 aliphatic heterocycles. The quantitative estimate of drug-likeness (QED) is 0.771. The maximum Gasteiger partial charge on any atom is 0.243 e. The molecule has 27 heavy (non-hydrogen) atoms. The molecule has 4 nitrogen and oxygen atoms in total. The van der Waals surface area contributed by atoms with Gasteiger partial charge in [-0.15, -0.1) is 0 Å². The van der Waals surface area contributed by atoms with E-state index in [1.807, 2.05) is 82.3 Å². The van der Waals surface area contributed by atoms with Crippen LogP contribution in [0.1, 0.15) is 43.9 Å². The minimum Gasteiger partial charge on any atom is -0.352 e. The van der Waals surface area contributed by atoms with Gasteiger partial charge in [-0.1, -0.05) is 61.5 Å². The van der Waals surface area contributed by atoms with Gasteiger partial charge in [0.15, 0.2) is 0 Å². The number of carbonyl (C=O) groups is 2. The largest absolute Gasteiger partial charge is 0.352 e. The molecule has 0 saturated heterocycles. The van der Waals surface area contributed by atoms with Crippen LogP contribution in [0, 0.1) is 6.92 Å². The average Bonchev–Trinajstić information content (AvgIpc) is 2.63. The molecule has 0 aromatic heterocycles. The molecule has 0 unspecified atom stereocenters. The highest BCUT2D eigenvalue weighted by Crippen LogP contribution is 2.16. The molecule has 0 saturated carbocycles. The van der Waals surface area contributed by atoms with Crippen molar-refractivity contribution in [3.63, 3.8) is 0 Å². The van der Waals surface area contributed by atoms with Gasteiger partial charge in [-0.3, -0.25) is 9.59 Å². The fourth-order valence-corrected chi connectivity index (χ4v) is 3.15. The van der Waals surface area contributed by atoms with Crippen LogP contribution < -0.4 is 5.32 Å². The van der Waals surface area contributed by atoms with Crippen molar-refractivity contribution in [3.8, 4) is 0 Å². The van der Waals surface area contributed by atoms with Crippen LogP contribution in [0.3, 0.4) is 0 Å². The van der Waals surface area contributed by atoms with Gasteiger partial charge >= 0.3 is 0 Å². The van der Waals surface area contributed by atoms with Gasteiger partial charge in [-0.05, 0) is 43.9 Å². The second-order valence-electron chi connectivity index (χ2n) is 7.20. The third kappa shape index (κ3) is 5.95. The molecule has 0 heterocycles. The Hall–Kier alpha value is -2.62. The van der Waals surface area contributed by atoms with E-state index in [0.717, 1.165) is 16.7 Å². The van der Waals surface area contributed by atoms with Gasteiger partial charge in [-0.2, -0.15) is 0 Å². The van der Waals surface area contributed by atoms with E-state index in [2.05, 4.69) is 5.32 Å². The van der Waals surface area contributed by atoms with Gasteiger partial charge in [0.2, 0.25) is 11.8 Å². The second kappa shape index (κ2) is 9.91. The molecule has 0 aliphatic carbocycles. The number of nitrogens with zero attached hydrogens (tertiary/aromatic N) is 1. The highest BCUT2D eigenvalue weighted by molar-refractivity contribution is 5.88. The minimum absolute atomic E-state index is 0.0288. The minimum atomic E-state index is -0.482. The van der Waals surface area contributed by atoms with Crippen molar-refractivity contribution in [3.05, 3.63) is 71.3 Å². The van der Waals surface area contributed by atoms with Crippen molar-refractivity contribution in [1.82, 2.24) is 10.2 Å². The first-order chi connectivity index (χ1) is 12.9. The lowest BCUT2D eigenvalue weighted by Gasteiger charge is -2.31. The number of carbonyl (C=O) groups excluding carboxylic acids is 2. The summed E-state index contributed by atoms with van der Waals surface area (Å²) >= 11 is 0. The number of aryl methyl sites for hydroxylation is 1. The van der Waals surface area contributed by atoms with Crippen molar-refractivity contribution >= 4 is 11.8 Å². The first-order valence-electron chi connectivity index (χ1n) is 9.60. The molecule has 1 atom stereocenters. The summed E-state index contributed by atoms with van der Waals surface area (Å²) in [5.41, 5.74) is 3.11. The number of hydrogen-bond donors (Lipinski definition) is 1. The van der Waals surface area contributed by atoms with Crippen molar-refractivity contribution in [2.24, 2.45) is 0 Å².